The number of benzene rings is 2. The van der Waals surface area contributed by atoms with Crippen LogP contribution in [0.1, 0.15) is 23.7 Å². The topological polar surface area (TPSA) is 63.7 Å². The van der Waals surface area contributed by atoms with Crippen molar-refractivity contribution < 1.29 is 19.1 Å². The van der Waals surface area contributed by atoms with Gasteiger partial charge in [-0.25, -0.2) is 4.90 Å². The molecule has 2 aromatic carbocycles. The van der Waals surface area contributed by atoms with Crippen LogP contribution in [0.5, 0.6) is 5.75 Å². The van der Waals surface area contributed by atoms with E-state index in [1.807, 2.05) is 6.07 Å². The smallest absolute Gasteiger partial charge is 0.238 e. The number of para-hydroxylation sites is 2. The highest BCUT2D eigenvalue weighted by Crippen LogP contribution is 2.53. The molecule has 2 aliphatic carbocycles. The van der Waals surface area contributed by atoms with Crippen LogP contribution in [-0.2, 0) is 9.59 Å². The third-order valence-corrected chi connectivity index (χ3v) is 6.31. The summed E-state index contributed by atoms with van der Waals surface area (Å²) < 4.78 is 5.95. The molecule has 2 fully saturated rings. The van der Waals surface area contributed by atoms with Crippen molar-refractivity contribution in [3.63, 3.8) is 0 Å². The summed E-state index contributed by atoms with van der Waals surface area (Å²) in [6.07, 6.45) is 4.29. The summed E-state index contributed by atoms with van der Waals surface area (Å²) >= 11 is 0. The van der Waals surface area contributed by atoms with Gasteiger partial charge in [0.2, 0.25) is 17.6 Å². The van der Waals surface area contributed by atoms with Gasteiger partial charge in [0.25, 0.3) is 0 Å². The molecular formula is C24H21NO4. The molecule has 0 N–H and O–H groups in total. The van der Waals surface area contributed by atoms with E-state index >= 15 is 0 Å². The van der Waals surface area contributed by atoms with Crippen molar-refractivity contribution in [2.24, 2.45) is 23.7 Å². The number of anilines is 1. The van der Waals surface area contributed by atoms with E-state index in [1.54, 1.807) is 55.5 Å². The van der Waals surface area contributed by atoms with Crippen LogP contribution >= 0.6 is 0 Å². The van der Waals surface area contributed by atoms with E-state index < -0.39 is 6.10 Å². The first-order valence-electron chi connectivity index (χ1n) is 9.97. The van der Waals surface area contributed by atoms with Gasteiger partial charge in [-0.05, 0) is 37.3 Å². The first kappa shape index (κ1) is 17.9. The second-order valence-electron chi connectivity index (χ2n) is 7.97. The normalized spacial score (nSPS) is 28.0. The summed E-state index contributed by atoms with van der Waals surface area (Å²) in [6.45, 7) is 1.68. The van der Waals surface area contributed by atoms with Crippen molar-refractivity contribution in [3.05, 3.63) is 72.3 Å². The molecule has 1 saturated heterocycles. The summed E-state index contributed by atoms with van der Waals surface area (Å²) in [6, 6.07) is 15.9. The van der Waals surface area contributed by atoms with Crippen molar-refractivity contribution in [2.45, 2.75) is 19.4 Å². The standard InChI is InChI=1S/C24H21NO4/c1-14(22(26)15-7-3-2-4-8-15)29-19-10-6-5-9-18(19)25-23(27)20-16-11-12-17(13-16)21(20)24(25)28/h2-12,14,16-17,20-21H,13H2,1H3/t14-,16-,17-,20-,21+/m0/s1. The van der Waals surface area contributed by atoms with Gasteiger partial charge in [0, 0.05) is 5.56 Å². The molecule has 2 aromatic rings. The Balaban J connectivity index is 1.43. The molecule has 1 aliphatic heterocycles. The summed E-state index contributed by atoms with van der Waals surface area (Å²) in [5.74, 6) is -0.339. The number of imide groups is 1. The van der Waals surface area contributed by atoms with Crippen LogP contribution in [0.15, 0.2) is 66.7 Å². The SMILES string of the molecule is C[C@H](Oc1ccccc1N1C(=O)[C@@H]2[C@H](C1=O)[C@H]1C=C[C@H]2C1)C(=O)c1ccccc1. The predicted octanol–water partition coefficient (Wildman–Crippen LogP) is 3.65. The van der Waals surface area contributed by atoms with Gasteiger partial charge in [0.05, 0.1) is 17.5 Å². The number of nitrogens with zero attached hydrogens (tertiary/aromatic N) is 1. The number of amides is 2. The van der Waals surface area contributed by atoms with Crippen molar-refractivity contribution in [3.8, 4) is 5.75 Å². The molecule has 2 bridgehead atoms. The number of ether oxygens (including phenoxy) is 1. The molecule has 146 valence electrons. The number of allylic oxidation sites excluding steroid dienone is 2. The Hall–Kier alpha value is -3.21. The fraction of sp³-hybridized carbons (Fsp3) is 0.292. The lowest BCUT2D eigenvalue weighted by molar-refractivity contribution is -0.123. The molecule has 1 saturated carbocycles. The maximum atomic E-state index is 13.1. The van der Waals surface area contributed by atoms with Crippen LogP contribution in [0, 0.1) is 23.7 Å². The Kier molecular flexibility index (Phi) is 4.12. The first-order chi connectivity index (χ1) is 14.1. The van der Waals surface area contributed by atoms with E-state index in [4.69, 9.17) is 4.74 Å². The van der Waals surface area contributed by atoms with Crippen LogP contribution in [0.4, 0.5) is 5.69 Å². The van der Waals surface area contributed by atoms with Crippen LogP contribution in [-0.4, -0.2) is 23.7 Å². The van der Waals surface area contributed by atoms with E-state index in [1.165, 1.54) is 4.90 Å². The maximum Gasteiger partial charge on any atom is 0.238 e. The van der Waals surface area contributed by atoms with E-state index in [0.717, 1.165) is 6.42 Å². The quantitative estimate of drug-likeness (QED) is 0.446. The third kappa shape index (κ3) is 2.72. The lowest BCUT2D eigenvalue weighted by Crippen LogP contribution is -2.34. The molecule has 5 rings (SSSR count). The van der Waals surface area contributed by atoms with Crippen molar-refractivity contribution in [1.29, 1.82) is 0 Å². The summed E-state index contributed by atoms with van der Waals surface area (Å²) in [5, 5.41) is 0. The lowest BCUT2D eigenvalue weighted by atomic mass is 9.85. The Morgan fingerprint density at radius 3 is 2.17 bits per heavy atom. The number of hydrogen-bond acceptors (Lipinski definition) is 4. The molecule has 0 spiro atoms. The van der Waals surface area contributed by atoms with E-state index in [9.17, 15) is 14.4 Å². The van der Waals surface area contributed by atoms with Gasteiger partial charge in [-0.3, -0.25) is 14.4 Å². The monoisotopic (exact) mass is 387 g/mol. The van der Waals surface area contributed by atoms with E-state index in [-0.39, 0.29) is 41.3 Å². The highest BCUT2D eigenvalue weighted by atomic mass is 16.5. The Labute approximate surface area is 169 Å². The Morgan fingerprint density at radius 2 is 1.52 bits per heavy atom. The fourth-order valence-corrected chi connectivity index (χ4v) is 4.96. The molecule has 1 heterocycles. The molecule has 5 heteroatoms. The summed E-state index contributed by atoms with van der Waals surface area (Å²) in [4.78, 5) is 40.2. The summed E-state index contributed by atoms with van der Waals surface area (Å²) in [5.41, 5.74) is 0.979. The maximum absolute atomic E-state index is 13.1. The summed E-state index contributed by atoms with van der Waals surface area (Å²) in [7, 11) is 0. The second kappa shape index (κ2) is 6.69. The van der Waals surface area contributed by atoms with Crippen molar-refractivity contribution in [2.75, 3.05) is 4.90 Å². The largest absolute Gasteiger partial charge is 0.480 e. The molecular weight excluding hydrogens is 366 g/mol. The molecule has 0 radical (unpaired) electrons. The van der Waals surface area contributed by atoms with Crippen LogP contribution < -0.4 is 9.64 Å². The van der Waals surface area contributed by atoms with Gasteiger partial charge in [-0.1, -0.05) is 54.6 Å². The van der Waals surface area contributed by atoms with Gasteiger partial charge >= 0.3 is 0 Å². The predicted molar refractivity (Wildman–Crippen MR) is 108 cm³/mol. The van der Waals surface area contributed by atoms with Crippen LogP contribution in [0.25, 0.3) is 0 Å². The number of fused-ring (bicyclic) bond motifs is 5. The molecule has 2 amide bonds. The molecule has 5 atom stereocenters. The van der Waals surface area contributed by atoms with Crippen molar-refractivity contribution in [1.82, 2.24) is 0 Å². The number of hydrogen-bond donors (Lipinski definition) is 0. The van der Waals surface area contributed by atoms with Gasteiger partial charge in [0.15, 0.2) is 6.10 Å². The van der Waals surface area contributed by atoms with E-state index in [2.05, 4.69) is 12.2 Å². The van der Waals surface area contributed by atoms with Gasteiger partial charge in [-0.15, -0.1) is 0 Å². The Bertz CT molecular complexity index is 998. The second-order valence-corrected chi connectivity index (χ2v) is 7.97. The number of carbonyl (C=O) groups is 3. The van der Waals surface area contributed by atoms with Crippen molar-refractivity contribution >= 4 is 23.3 Å². The third-order valence-electron chi connectivity index (χ3n) is 6.31. The molecule has 0 aromatic heterocycles. The zero-order chi connectivity index (χ0) is 20.1. The van der Waals surface area contributed by atoms with Gasteiger partial charge < -0.3 is 4.74 Å². The highest BCUT2D eigenvalue weighted by Gasteiger charge is 2.59. The van der Waals surface area contributed by atoms with Gasteiger partial charge in [-0.2, -0.15) is 0 Å². The average Bonchev–Trinajstić information content (AvgIpc) is 3.42. The minimum atomic E-state index is -0.747. The molecule has 0 unspecified atom stereocenters. The zero-order valence-corrected chi connectivity index (χ0v) is 16.0. The molecule has 5 nitrogen and oxygen atoms in total. The Morgan fingerprint density at radius 1 is 0.931 bits per heavy atom. The van der Waals surface area contributed by atoms with E-state index in [0.29, 0.717) is 17.0 Å². The molecule has 3 aliphatic rings. The minimum Gasteiger partial charge on any atom is -0.480 e. The van der Waals surface area contributed by atoms with Crippen LogP contribution in [0.3, 0.4) is 0 Å². The number of Topliss-reactive ketones (excluding diaryl/α,β-unsaturated/α-hetero) is 1. The lowest BCUT2D eigenvalue weighted by Gasteiger charge is -2.22. The first-order valence-corrected chi connectivity index (χ1v) is 9.97. The minimum absolute atomic E-state index is 0.151. The number of ketones is 1. The highest BCUT2D eigenvalue weighted by molar-refractivity contribution is 6.23. The number of rotatable bonds is 5. The number of carbonyl (C=O) groups excluding carboxylic acids is 3. The zero-order valence-electron chi connectivity index (χ0n) is 16.0. The average molecular weight is 387 g/mol. The van der Waals surface area contributed by atoms with Crippen LogP contribution in [0.2, 0.25) is 0 Å². The fourth-order valence-electron chi connectivity index (χ4n) is 4.96. The van der Waals surface area contributed by atoms with Gasteiger partial charge in [0.1, 0.15) is 5.75 Å². The molecule has 29 heavy (non-hydrogen) atoms.